The number of anilines is 2. The number of unbranched alkanes of at least 4 members (excludes halogenated alkanes) is 22. The number of carbonyl (C=O) groups is 6. The summed E-state index contributed by atoms with van der Waals surface area (Å²) in [6.45, 7) is 15.6. The molecule has 0 aliphatic carbocycles. The first kappa shape index (κ1) is 102. The van der Waals surface area contributed by atoms with Crippen LogP contribution in [0.15, 0.2) is 35.3 Å². The summed E-state index contributed by atoms with van der Waals surface area (Å²) in [5.74, 6) is -4.23. The number of carboxylic acid groups (broad SMARTS) is 2. The Balaban J connectivity index is 1.02. The number of hydrogen-bond acceptors (Lipinski definition) is 26. The molecule has 0 spiro atoms. The van der Waals surface area contributed by atoms with Gasteiger partial charge in [0.1, 0.15) is 12.1 Å². The third-order valence-electron chi connectivity index (χ3n) is 18.1. The molecule has 4 amide bonds. The largest absolute Gasteiger partial charge is 0.480 e. The Bertz CT molecular complexity index is 2910. The van der Waals surface area contributed by atoms with E-state index in [2.05, 4.69) is 60.4 Å². The van der Waals surface area contributed by atoms with Gasteiger partial charge in [0.2, 0.25) is 23.7 Å². The van der Waals surface area contributed by atoms with E-state index >= 15 is 0 Å². The average molecular weight is 1640 g/mol. The number of nitrogens with one attached hydrogen (secondary N) is 6. The molecule has 33 heteroatoms. The Labute approximate surface area is 681 Å². The molecule has 0 saturated carbocycles. The molecular formula is C82H142N10O23. The van der Waals surface area contributed by atoms with Crippen molar-refractivity contribution in [3.63, 3.8) is 0 Å². The van der Waals surface area contributed by atoms with Gasteiger partial charge in [0.05, 0.1) is 184 Å². The summed E-state index contributed by atoms with van der Waals surface area (Å²) in [5.41, 5.74) is 6.31. The highest BCUT2D eigenvalue weighted by Crippen LogP contribution is 2.17. The van der Waals surface area contributed by atoms with Crippen molar-refractivity contribution in [3.8, 4) is 11.5 Å². The molecule has 0 bridgehead atoms. The van der Waals surface area contributed by atoms with Crippen LogP contribution in [0.4, 0.5) is 11.6 Å². The van der Waals surface area contributed by atoms with Crippen LogP contribution in [0.3, 0.4) is 0 Å². The fraction of sp³-hybridized carbons (Fsp3) is 0.780. The molecule has 0 saturated heterocycles. The average Bonchev–Trinajstić information content (AvgIpc) is 0.813. The monoisotopic (exact) mass is 1640 g/mol. The molecule has 658 valence electrons. The maximum absolute atomic E-state index is 13.0. The van der Waals surface area contributed by atoms with Crippen LogP contribution in [0.2, 0.25) is 0 Å². The van der Waals surface area contributed by atoms with Crippen molar-refractivity contribution < 1.29 is 105 Å². The summed E-state index contributed by atoms with van der Waals surface area (Å²) < 4.78 is 78.6. The number of ether oxygens (including phenoxy) is 14. The maximum atomic E-state index is 13.0. The van der Waals surface area contributed by atoms with Crippen molar-refractivity contribution in [1.82, 2.24) is 41.2 Å². The van der Waals surface area contributed by atoms with Crippen molar-refractivity contribution in [3.05, 3.63) is 52.1 Å². The van der Waals surface area contributed by atoms with Gasteiger partial charge in [0.25, 0.3) is 5.91 Å². The summed E-state index contributed by atoms with van der Waals surface area (Å²) in [4.78, 5) is 102. The summed E-state index contributed by atoms with van der Waals surface area (Å²) in [5, 5.41) is 33.2. The van der Waals surface area contributed by atoms with Gasteiger partial charge in [0, 0.05) is 63.0 Å². The van der Waals surface area contributed by atoms with E-state index in [9.17, 15) is 43.8 Å². The van der Waals surface area contributed by atoms with Gasteiger partial charge in [-0.3, -0.25) is 24.0 Å². The number of carbonyl (C=O) groups excluding carboxylic acids is 4. The predicted molar refractivity (Wildman–Crippen MR) is 435 cm³/mol. The van der Waals surface area contributed by atoms with Gasteiger partial charge in [-0.1, -0.05) is 155 Å². The number of aromatic amines is 1. The Morgan fingerprint density at radius 1 is 0.417 bits per heavy atom. The number of rotatable bonds is 84. The fourth-order valence-corrected chi connectivity index (χ4v) is 11.5. The summed E-state index contributed by atoms with van der Waals surface area (Å²) in [7, 11) is 0. The zero-order valence-corrected chi connectivity index (χ0v) is 69.2. The highest BCUT2D eigenvalue weighted by molar-refractivity contribution is 5.97. The van der Waals surface area contributed by atoms with E-state index in [4.69, 9.17) is 72.0 Å². The number of aliphatic carboxylic acids is 2. The zero-order chi connectivity index (χ0) is 82.8. The number of nitrogen functional groups attached to an aromatic ring is 1. The Kier molecular flexibility index (Phi) is 65.6. The normalized spacial score (nSPS) is 12.3. The number of fused-ring (bicyclic) bond motifs is 1. The van der Waals surface area contributed by atoms with Crippen LogP contribution in [0.5, 0.6) is 0 Å². The minimum atomic E-state index is -1.29. The molecule has 0 radical (unpaired) electrons. The van der Waals surface area contributed by atoms with E-state index < -0.39 is 41.4 Å². The molecule has 3 atom stereocenters. The summed E-state index contributed by atoms with van der Waals surface area (Å²) in [6, 6.07) is 3.79. The molecular weight excluding hydrogens is 1490 g/mol. The van der Waals surface area contributed by atoms with Gasteiger partial charge in [-0.25, -0.2) is 14.6 Å². The molecule has 0 aromatic heterocycles. The molecule has 2 aliphatic heterocycles. The second-order valence-electron chi connectivity index (χ2n) is 27.9. The van der Waals surface area contributed by atoms with E-state index in [1.165, 1.54) is 141 Å². The highest BCUT2D eigenvalue weighted by Gasteiger charge is 2.24. The van der Waals surface area contributed by atoms with Crippen LogP contribution in [0, 0.1) is 0 Å². The number of carboxylic acids is 2. The van der Waals surface area contributed by atoms with Gasteiger partial charge >= 0.3 is 17.5 Å². The van der Waals surface area contributed by atoms with E-state index in [1.807, 2.05) is 0 Å². The lowest BCUT2D eigenvalue weighted by molar-refractivity contribution is -0.142. The van der Waals surface area contributed by atoms with Crippen molar-refractivity contribution >= 4 is 47.2 Å². The number of H-pyrrole nitrogens is 1. The Morgan fingerprint density at radius 3 is 1.23 bits per heavy atom. The lowest BCUT2D eigenvalue weighted by atomic mass is 10.1. The number of amides is 4. The maximum Gasteiger partial charge on any atom is 0.326 e. The zero-order valence-electron chi connectivity index (χ0n) is 69.2. The van der Waals surface area contributed by atoms with Crippen LogP contribution >= 0.6 is 0 Å². The van der Waals surface area contributed by atoms with E-state index in [-0.39, 0.29) is 113 Å². The molecule has 1 aromatic carbocycles. The minimum Gasteiger partial charge on any atom is -0.480 e. The van der Waals surface area contributed by atoms with Gasteiger partial charge in [-0.2, -0.15) is 9.97 Å². The second-order valence-corrected chi connectivity index (χ2v) is 27.9. The standard InChI is InChI=1S/C82H142N10O23/c1-3-5-7-9-11-13-15-17-19-21-23-25-37-114-66-70(115-38-26-24-22-20-18-16-14-12-10-8-6-4-2)65-86-74(94)34-31-71(80(98)99)89-75(95)35-39-102-41-43-104-45-47-106-49-51-108-53-55-110-57-59-112-61-62-113-60-58-111-56-54-109-52-50-107-48-46-105-44-42-103-40-36-84-73(93)33-32-72(81(100)101)90-78(96)67-27-29-68(30-28-67)85-63-69-64-87-77-76(88-69)79(97)92-82(83)91-77/h27-30,64,70-72,85H,3-26,31-63,65-66H2,1-2H3,(H,84,93)(H,86,94)(H,89,95)(H,90,96)(H,98,99)(H,100,101)(H3,83,87,91,92,97)/t70?,71-,72-/m0/s1. The van der Waals surface area contributed by atoms with Crippen molar-refractivity contribution in [2.45, 2.75) is 225 Å². The first-order chi connectivity index (χ1) is 56.3. The van der Waals surface area contributed by atoms with E-state index in [0.29, 0.717) is 170 Å². The van der Waals surface area contributed by atoms with Crippen LogP contribution in [-0.4, -0.2) is 275 Å². The second kappa shape index (κ2) is 73.7. The Morgan fingerprint density at radius 2 is 0.800 bits per heavy atom. The van der Waals surface area contributed by atoms with Gasteiger partial charge < -0.3 is 114 Å². The molecule has 2 heterocycles. The molecule has 115 heavy (non-hydrogen) atoms. The molecule has 3 rings (SSSR count). The number of nitrogens with zero attached hydrogens (tertiary/aromatic N) is 3. The third-order valence-corrected chi connectivity index (χ3v) is 18.1. The van der Waals surface area contributed by atoms with Gasteiger partial charge in [0.15, 0.2) is 11.5 Å². The molecule has 10 N–H and O–H groups in total. The van der Waals surface area contributed by atoms with Crippen LogP contribution in [0.1, 0.15) is 216 Å². The quantitative estimate of drug-likeness (QED) is 0.0238. The summed E-state index contributed by atoms with van der Waals surface area (Å²) >= 11 is 0. The Hall–Kier alpha value is -6.70. The first-order valence-corrected chi connectivity index (χ1v) is 42.4. The van der Waals surface area contributed by atoms with Crippen LogP contribution in [-0.2, 0) is 96.8 Å². The van der Waals surface area contributed by atoms with Crippen molar-refractivity contribution in [2.24, 2.45) is 0 Å². The van der Waals surface area contributed by atoms with E-state index in [0.717, 1.165) is 25.7 Å². The topological polar surface area (TPSA) is 430 Å². The summed E-state index contributed by atoms with van der Waals surface area (Å²) in [6.07, 6.45) is 31.3. The number of benzene rings is 1. The molecule has 33 nitrogen and oxygen atoms in total. The lowest BCUT2D eigenvalue weighted by Gasteiger charge is -2.19. The third kappa shape index (κ3) is 59.6. The van der Waals surface area contributed by atoms with Gasteiger partial charge in [-0.05, 0) is 49.9 Å². The van der Waals surface area contributed by atoms with Gasteiger partial charge in [-0.15, -0.1) is 0 Å². The number of aromatic nitrogens is 4. The number of nitrogens with two attached hydrogens (primary N) is 1. The predicted octanol–water partition coefficient (Wildman–Crippen LogP) is 8.80. The highest BCUT2D eigenvalue weighted by atomic mass is 16.6. The van der Waals surface area contributed by atoms with Crippen molar-refractivity contribution in [1.29, 1.82) is 0 Å². The number of hydrogen-bond donors (Lipinski definition) is 9. The fourth-order valence-electron chi connectivity index (χ4n) is 11.5. The van der Waals surface area contributed by atoms with Crippen LogP contribution in [0.25, 0.3) is 11.5 Å². The van der Waals surface area contributed by atoms with Crippen LogP contribution < -0.4 is 37.9 Å². The molecule has 1 unspecified atom stereocenters. The van der Waals surface area contributed by atoms with Crippen molar-refractivity contribution in [2.75, 3.05) is 203 Å². The molecule has 2 aliphatic rings. The smallest absolute Gasteiger partial charge is 0.326 e. The molecule has 1 aromatic rings. The lowest BCUT2D eigenvalue weighted by Crippen LogP contribution is -2.42. The minimum absolute atomic E-state index is 0.0393. The SMILES string of the molecule is CCCCCCCCCCCCCCOCC(CNC(=O)CC[C@H](NC(=O)CCOCCOCCOCCOCCOCCOCCOCCOCCOCCOCCOCCOCCNC(=O)CC[C@H](NC(=O)c1ccc(NCc2c[nH]c3nc(N)nc(=O)c-3n2)cc1)C(=O)O)C(=O)O)OCCCCCCCCCCCCCC. The first-order valence-electron chi connectivity index (χ1n) is 42.4. The van der Waals surface area contributed by atoms with E-state index in [1.54, 1.807) is 18.3 Å². The molecule has 0 fully saturated rings.